The normalized spacial score (nSPS) is 9.95. The first-order chi connectivity index (χ1) is 10.2. The summed E-state index contributed by atoms with van der Waals surface area (Å²) in [6.07, 6.45) is 2.73. The summed E-state index contributed by atoms with van der Waals surface area (Å²) < 4.78 is 12.0. The van der Waals surface area contributed by atoms with Crippen molar-refractivity contribution in [3.63, 3.8) is 0 Å². The molecule has 0 aliphatic carbocycles. The first-order valence-corrected chi connectivity index (χ1v) is 6.35. The third-order valence-corrected chi connectivity index (χ3v) is 3.03. The fraction of sp³-hybridized carbons (Fsp3) is 0.267. The van der Waals surface area contributed by atoms with Crippen molar-refractivity contribution in [3.8, 4) is 28.8 Å². The zero-order valence-corrected chi connectivity index (χ0v) is 11.9. The van der Waals surface area contributed by atoms with Crippen molar-refractivity contribution in [2.24, 2.45) is 0 Å². The smallest absolute Gasteiger partial charge is 0.161 e. The highest BCUT2D eigenvalue weighted by atomic mass is 16.5. The van der Waals surface area contributed by atoms with Crippen molar-refractivity contribution < 1.29 is 14.3 Å². The van der Waals surface area contributed by atoms with Crippen LogP contribution in [-0.2, 0) is 6.54 Å². The van der Waals surface area contributed by atoms with Gasteiger partial charge in [-0.2, -0.15) is 10.4 Å². The number of carbonyl (C=O) groups is 1. The summed E-state index contributed by atoms with van der Waals surface area (Å²) >= 11 is 0. The summed E-state index contributed by atoms with van der Waals surface area (Å²) in [5.74, 6) is 1.18. The summed E-state index contributed by atoms with van der Waals surface area (Å²) in [6.45, 7) is 0.449. The van der Waals surface area contributed by atoms with E-state index in [0.717, 1.165) is 11.8 Å². The lowest BCUT2D eigenvalue weighted by molar-refractivity contribution is 0.112. The topological polar surface area (TPSA) is 77.1 Å². The van der Waals surface area contributed by atoms with Crippen LogP contribution in [0.2, 0.25) is 0 Å². The predicted molar refractivity (Wildman–Crippen MR) is 76.4 cm³/mol. The molecule has 0 N–H and O–H groups in total. The molecule has 1 heterocycles. The van der Waals surface area contributed by atoms with Crippen LogP contribution in [0.3, 0.4) is 0 Å². The highest BCUT2D eigenvalue weighted by molar-refractivity contribution is 5.85. The molecule has 0 unspecified atom stereocenters. The summed E-state index contributed by atoms with van der Waals surface area (Å²) in [4.78, 5) is 11.2. The molecule has 0 amide bonds. The zero-order valence-electron chi connectivity index (χ0n) is 11.9. The molecule has 1 aromatic heterocycles. The number of aromatic nitrogens is 2. The standard InChI is InChI=1S/C15H15N3O3/c1-20-13-5-4-11(8-14(13)21-2)15-12(10-19)9-18(17-15)7-3-6-16/h4-5,8-10H,3,7H2,1-2H3. The molecule has 6 nitrogen and oxygen atoms in total. The predicted octanol–water partition coefficient (Wildman–Crippen LogP) is 2.29. The number of benzene rings is 1. The molecule has 6 heteroatoms. The van der Waals surface area contributed by atoms with Gasteiger partial charge in [0.1, 0.15) is 5.69 Å². The second kappa shape index (κ2) is 6.57. The van der Waals surface area contributed by atoms with E-state index in [1.54, 1.807) is 37.2 Å². The van der Waals surface area contributed by atoms with Crippen LogP contribution in [0.15, 0.2) is 24.4 Å². The molecule has 0 fully saturated rings. The van der Waals surface area contributed by atoms with Crippen molar-refractivity contribution in [1.82, 2.24) is 9.78 Å². The molecule has 108 valence electrons. The maximum absolute atomic E-state index is 11.2. The third-order valence-electron chi connectivity index (χ3n) is 3.03. The Kier molecular flexibility index (Phi) is 4.57. The number of hydrogen-bond acceptors (Lipinski definition) is 5. The van der Waals surface area contributed by atoms with E-state index in [1.807, 2.05) is 6.07 Å². The minimum atomic E-state index is 0.339. The number of aryl methyl sites for hydroxylation is 1. The van der Waals surface area contributed by atoms with Crippen molar-refractivity contribution in [3.05, 3.63) is 30.0 Å². The number of methoxy groups -OCH3 is 2. The number of aldehydes is 1. The van der Waals surface area contributed by atoms with Crippen molar-refractivity contribution in [2.45, 2.75) is 13.0 Å². The van der Waals surface area contributed by atoms with Gasteiger partial charge in [0.15, 0.2) is 17.8 Å². The van der Waals surface area contributed by atoms with Gasteiger partial charge in [0.05, 0.1) is 38.8 Å². The fourth-order valence-corrected chi connectivity index (χ4v) is 2.01. The maximum Gasteiger partial charge on any atom is 0.161 e. The van der Waals surface area contributed by atoms with Crippen LogP contribution in [0, 0.1) is 11.3 Å². The first-order valence-electron chi connectivity index (χ1n) is 6.35. The summed E-state index contributed by atoms with van der Waals surface area (Å²) in [7, 11) is 3.11. The van der Waals surface area contributed by atoms with E-state index < -0.39 is 0 Å². The molecule has 0 saturated carbocycles. The number of nitriles is 1. The molecule has 2 aromatic rings. The Hall–Kier alpha value is -2.81. The van der Waals surface area contributed by atoms with E-state index in [4.69, 9.17) is 14.7 Å². The van der Waals surface area contributed by atoms with Gasteiger partial charge >= 0.3 is 0 Å². The number of rotatable bonds is 6. The number of nitrogens with zero attached hydrogens (tertiary/aromatic N) is 3. The summed E-state index contributed by atoms with van der Waals surface area (Å²) in [6, 6.07) is 7.39. The molecule has 1 aromatic carbocycles. The Morgan fingerprint density at radius 1 is 1.33 bits per heavy atom. The van der Waals surface area contributed by atoms with Crippen LogP contribution < -0.4 is 9.47 Å². The number of carbonyl (C=O) groups excluding carboxylic acids is 1. The van der Waals surface area contributed by atoms with Gasteiger partial charge in [-0.05, 0) is 18.2 Å². The van der Waals surface area contributed by atoms with Crippen molar-refractivity contribution in [2.75, 3.05) is 14.2 Å². The Morgan fingerprint density at radius 2 is 2.10 bits per heavy atom. The SMILES string of the molecule is COc1ccc(-c2nn(CCC#N)cc2C=O)cc1OC. The minimum absolute atomic E-state index is 0.339. The van der Waals surface area contributed by atoms with Crippen molar-refractivity contribution in [1.29, 1.82) is 5.26 Å². The van der Waals surface area contributed by atoms with E-state index in [1.165, 1.54) is 0 Å². The summed E-state index contributed by atoms with van der Waals surface area (Å²) in [5, 5.41) is 13.0. The first kappa shape index (κ1) is 14.6. The molecule has 0 saturated heterocycles. The van der Waals surface area contributed by atoms with Crippen LogP contribution in [0.5, 0.6) is 11.5 Å². The average Bonchev–Trinajstić information content (AvgIpc) is 2.95. The number of ether oxygens (including phenoxy) is 2. The molecule has 0 aliphatic rings. The molecule has 0 spiro atoms. The molecule has 21 heavy (non-hydrogen) atoms. The Labute approximate surface area is 122 Å². The zero-order chi connectivity index (χ0) is 15.2. The highest BCUT2D eigenvalue weighted by Gasteiger charge is 2.13. The second-order valence-electron chi connectivity index (χ2n) is 4.29. The van der Waals surface area contributed by atoms with E-state index in [2.05, 4.69) is 11.2 Å². The lowest BCUT2D eigenvalue weighted by atomic mass is 10.1. The number of hydrogen-bond donors (Lipinski definition) is 0. The molecule has 0 atom stereocenters. The van der Waals surface area contributed by atoms with Gasteiger partial charge in [0.25, 0.3) is 0 Å². The molecule has 0 bridgehead atoms. The van der Waals surface area contributed by atoms with E-state index in [0.29, 0.717) is 35.7 Å². The van der Waals surface area contributed by atoms with Gasteiger partial charge in [-0.15, -0.1) is 0 Å². The van der Waals surface area contributed by atoms with Gasteiger partial charge < -0.3 is 9.47 Å². The van der Waals surface area contributed by atoms with Crippen LogP contribution in [0.1, 0.15) is 16.8 Å². The Bertz CT molecular complexity index is 686. The largest absolute Gasteiger partial charge is 0.493 e. The molecule has 0 aliphatic heterocycles. The molecule has 2 rings (SSSR count). The van der Waals surface area contributed by atoms with Crippen LogP contribution in [0.4, 0.5) is 0 Å². The third kappa shape index (κ3) is 3.03. The van der Waals surface area contributed by atoms with Crippen LogP contribution >= 0.6 is 0 Å². The fourth-order valence-electron chi connectivity index (χ4n) is 2.01. The quantitative estimate of drug-likeness (QED) is 0.761. The molecular formula is C15H15N3O3. The maximum atomic E-state index is 11.2. The summed E-state index contributed by atoms with van der Waals surface area (Å²) in [5.41, 5.74) is 1.79. The second-order valence-corrected chi connectivity index (χ2v) is 4.29. The van der Waals surface area contributed by atoms with Gasteiger partial charge in [-0.1, -0.05) is 0 Å². The van der Waals surface area contributed by atoms with Gasteiger partial charge in [0.2, 0.25) is 0 Å². The Morgan fingerprint density at radius 3 is 2.71 bits per heavy atom. The average molecular weight is 285 g/mol. The van der Waals surface area contributed by atoms with Crippen LogP contribution in [0.25, 0.3) is 11.3 Å². The van der Waals surface area contributed by atoms with Gasteiger partial charge in [-0.3, -0.25) is 9.48 Å². The van der Waals surface area contributed by atoms with Crippen molar-refractivity contribution >= 4 is 6.29 Å². The molecule has 0 radical (unpaired) electrons. The van der Waals surface area contributed by atoms with E-state index in [9.17, 15) is 4.79 Å². The van der Waals surface area contributed by atoms with Gasteiger partial charge in [0, 0.05) is 11.8 Å². The van der Waals surface area contributed by atoms with E-state index in [-0.39, 0.29) is 0 Å². The monoisotopic (exact) mass is 285 g/mol. The minimum Gasteiger partial charge on any atom is -0.493 e. The lowest BCUT2D eigenvalue weighted by Crippen LogP contribution is -1.97. The van der Waals surface area contributed by atoms with Crippen LogP contribution in [-0.4, -0.2) is 30.3 Å². The molecular weight excluding hydrogens is 270 g/mol. The lowest BCUT2D eigenvalue weighted by Gasteiger charge is -2.08. The van der Waals surface area contributed by atoms with E-state index >= 15 is 0 Å². The van der Waals surface area contributed by atoms with Gasteiger partial charge in [-0.25, -0.2) is 0 Å². The Balaban J connectivity index is 2.43. The highest BCUT2D eigenvalue weighted by Crippen LogP contribution is 2.32.